The second-order valence-electron chi connectivity index (χ2n) is 16.0. The number of imidazole rings is 2. The maximum atomic E-state index is 13.7. The summed E-state index contributed by atoms with van der Waals surface area (Å²) in [4.78, 5) is 71.9. The SMILES string of the molecule is COC(=O)N[C@H](C(=O)N1CCC[C@H]1c1nc2ccc(-c3ccc4cc(-c5ccc6nc([C@@H]7CCCN7C(=O)[C@@H](NC(=O)OC)[C@@H](C)OC)[nH]c6c5)ccc4c3)cc2[nH]1)[C@@H](C)OC. The highest BCUT2D eigenvalue weighted by molar-refractivity contribution is 5.93. The molecule has 62 heavy (non-hydrogen) atoms. The number of methoxy groups -OCH3 is 4. The Bertz CT molecular complexity index is 2460. The number of likely N-dealkylation sites (tertiary alicyclic amines) is 2. The zero-order valence-electron chi connectivity index (χ0n) is 35.7. The van der Waals surface area contributed by atoms with Crippen molar-refractivity contribution in [2.45, 2.75) is 75.9 Å². The molecule has 6 aromatic rings. The van der Waals surface area contributed by atoms with Crippen LogP contribution in [0.15, 0.2) is 72.8 Å². The van der Waals surface area contributed by atoms with Crippen LogP contribution in [0.2, 0.25) is 0 Å². The second-order valence-corrected chi connectivity index (χ2v) is 16.0. The molecule has 4 aromatic carbocycles. The third-order valence-electron chi connectivity index (χ3n) is 12.3. The van der Waals surface area contributed by atoms with Crippen LogP contribution in [-0.2, 0) is 28.5 Å². The van der Waals surface area contributed by atoms with Crippen molar-refractivity contribution in [3.8, 4) is 22.3 Å². The van der Waals surface area contributed by atoms with Crippen LogP contribution in [0.3, 0.4) is 0 Å². The van der Waals surface area contributed by atoms with Crippen molar-refractivity contribution in [2.24, 2.45) is 0 Å². The molecule has 16 nitrogen and oxygen atoms in total. The van der Waals surface area contributed by atoms with Gasteiger partial charge in [-0.25, -0.2) is 19.6 Å². The van der Waals surface area contributed by atoms with Gasteiger partial charge in [-0.2, -0.15) is 0 Å². The van der Waals surface area contributed by atoms with E-state index in [4.69, 9.17) is 28.9 Å². The first-order chi connectivity index (χ1) is 30.0. The number of rotatable bonds is 12. The van der Waals surface area contributed by atoms with Gasteiger partial charge in [0.25, 0.3) is 0 Å². The van der Waals surface area contributed by atoms with Crippen LogP contribution in [0.25, 0.3) is 55.1 Å². The molecule has 0 bridgehead atoms. The molecular formula is C46H52N8O8. The lowest BCUT2D eigenvalue weighted by Gasteiger charge is -2.30. The molecule has 16 heteroatoms. The fourth-order valence-corrected chi connectivity index (χ4v) is 8.73. The van der Waals surface area contributed by atoms with Crippen LogP contribution in [0.5, 0.6) is 0 Å². The van der Waals surface area contributed by atoms with Crippen molar-refractivity contribution in [1.29, 1.82) is 0 Å². The number of fused-ring (bicyclic) bond motifs is 3. The topological polar surface area (TPSA) is 193 Å². The van der Waals surface area contributed by atoms with E-state index in [9.17, 15) is 19.2 Å². The number of aromatic nitrogens is 4. The lowest BCUT2D eigenvalue weighted by Crippen LogP contribution is -2.54. The van der Waals surface area contributed by atoms with Crippen molar-refractivity contribution < 1.29 is 38.1 Å². The summed E-state index contributed by atoms with van der Waals surface area (Å²) in [5.74, 6) is 0.910. The molecule has 2 saturated heterocycles. The van der Waals surface area contributed by atoms with Gasteiger partial charge in [0.1, 0.15) is 23.7 Å². The van der Waals surface area contributed by atoms with Crippen molar-refractivity contribution in [3.63, 3.8) is 0 Å². The molecule has 2 aromatic heterocycles. The molecule has 324 valence electrons. The van der Waals surface area contributed by atoms with Crippen LogP contribution < -0.4 is 10.6 Å². The predicted molar refractivity (Wildman–Crippen MR) is 233 cm³/mol. The maximum absolute atomic E-state index is 13.7. The molecule has 4 amide bonds. The van der Waals surface area contributed by atoms with Crippen LogP contribution in [0.1, 0.15) is 63.3 Å². The molecule has 0 saturated carbocycles. The van der Waals surface area contributed by atoms with Crippen molar-refractivity contribution in [1.82, 2.24) is 40.4 Å². The minimum absolute atomic E-state index is 0.246. The van der Waals surface area contributed by atoms with Gasteiger partial charge < -0.3 is 49.3 Å². The summed E-state index contributed by atoms with van der Waals surface area (Å²) >= 11 is 0. The number of ether oxygens (including phenoxy) is 4. The highest BCUT2D eigenvalue weighted by Crippen LogP contribution is 2.36. The minimum atomic E-state index is -0.903. The average Bonchev–Trinajstić information content (AvgIpc) is 4.14. The summed E-state index contributed by atoms with van der Waals surface area (Å²) < 4.78 is 20.4. The summed E-state index contributed by atoms with van der Waals surface area (Å²) in [5, 5.41) is 7.46. The number of benzene rings is 4. The summed E-state index contributed by atoms with van der Waals surface area (Å²) in [6.07, 6.45) is 0.585. The Morgan fingerprint density at radius 3 is 1.37 bits per heavy atom. The average molecular weight is 845 g/mol. The lowest BCUT2D eigenvalue weighted by molar-refractivity contribution is -0.138. The zero-order chi connectivity index (χ0) is 43.7. The summed E-state index contributed by atoms with van der Waals surface area (Å²) in [5.41, 5.74) is 7.51. The largest absolute Gasteiger partial charge is 0.453 e. The summed E-state index contributed by atoms with van der Waals surface area (Å²) in [7, 11) is 5.53. The van der Waals surface area contributed by atoms with E-state index in [1.807, 2.05) is 12.1 Å². The van der Waals surface area contributed by atoms with Crippen LogP contribution in [-0.4, -0.2) is 120 Å². The Labute approximate surface area is 358 Å². The first-order valence-corrected chi connectivity index (χ1v) is 20.9. The molecule has 4 N–H and O–H groups in total. The van der Waals surface area contributed by atoms with Crippen LogP contribution in [0, 0.1) is 0 Å². The number of aromatic amines is 2. The number of carbonyl (C=O) groups excluding carboxylic acids is 4. The van der Waals surface area contributed by atoms with Gasteiger partial charge in [0.15, 0.2) is 0 Å². The third-order valence-corrected chi connectivity index (χ3v) is 12.3. The van der Waals surface area contributed by atoms with E-state index in [0.717, 1.165) is 80.8 Å². The molecule has 0 aliphatic carbocycles. The van der Waals surface area contributed by atoms with Gasteiger partial charge >= 0.3 is 12.2 Å². The Balaban J connectivity index is 0.992. The Morgan fingerprint density at radius 1 is 0.597 bits per heavy atom. The van der Waals surface area contributed by atoms with Gasteiger partial charge in [0.2, 0.25) is 11.8 Å². The van der Waals surface area contributed by atoms with Gasteiger partial charge in [0, 0.05) is 27.3 Å². The molecule has 0 radical (unpaired) electrons. The van der Waals surface area contributed by atoms with E-state index >= 15 is 0 Å². The zero-order valence-corrected chi connectivity index (χ0v) is 35.7. The highest BCUT2D eigenvalue weighted by Gasteiger charge is 2.40. The monoisotopic (exact) mass is 844 g/mol. The molecule has 2 aliphatic heterocycles. The van der Waals surface area contributed by atoms with E-state index in [-0.39, 0.29) is 23.9 Å². The Morgan fingerprint density at radius 2 is 0.984 bits per heavy atom. The minimum Gasteiger partial charge on any atom is -0.453 e. The third kappa shape index (κ3) is 8.27. The normalized spacial score (nSPS) is 18.5. The Hall–Kier alpha value is -6.52. The van der Waals surface area contributed by atoms with E-state index in [0.29, 0.717) is 24.7 Å². The number of amides is 4. The molecular weight excluding hydrogens is 793 g/mol. The molecule has 2 fully saturated rings. The fraction of sp³-hybridized carbons (Fsp3) is 0.391. The predicted octanol–water partition coefficient (Wildman–Crippen LogP) is 6.77. The van der Waals surface area contributed by atoms with Crippen molar-refractivity contribution in [2.75, 3.05) is 41.5 Å². The van der Waals surface area contributed by atoms with Gasteiger partial charge in [0.05, 0.1) is 60.6 Å². The van der Waals surface area contributed by atoms with Gasteiger partial charge in [-0.15, -0.1) is 0 Å². The number of nitrogens with one attached hydrogen (secondary N) is 4. The Kier molecular flexibility index (Phi) is 12.1. The molecule has 2 aliphatic rings. The molecule has 0 unspecified atom stereocenters. The van der Waals surface area contributed by atoms with Crippen molar-refractivity contribution in [3.05, 3.63) is 84.4 Å². The maximum Gasteiger partial charge on any atom is 0.407 e. The number of H-pyrrole nitrogens is 2. The number of carbonyl (C=O) groups is 4. The molecule has 6 atom stereocenters. The van der Waals surface area contributed by atoms with Crippen LogP contribution >= 0.6 is 0 Å². The number of hydrogen-bond donors (Lipinski definition) is 4. The van der Waals surface area contributed by atoms with Gasteiger partial charge in [-0.3, -0.25) is 9.59 Å². The van der Waals surface area contributed by atoms with E-state index in [1.165, 1.54) is 28.4 Å². The highest BCUT2D eigenvalue weighted by atomic mass is 16.5. The van der Waals surface area contributed by atoms with Crippen molar-refractivity contribution >= 4 is 56.8 Å². The number of hydrogen-bond acceptors (Lipinski definition) is 10. The summed E-state index contributed by atoms with van der Waals surface area (Å²) in [6.45, 7) is 4.56. The van der Waals surface area contributed by atoms with Gasteiger partial charge in [-0.1, -0.05) is 36.4 Å². The second kappa shape index (κ2) is 17.8. The number of alkyl carbamates (subject to hydrolysis) is 2. The molecule has 0 spiro atoms. The quantitative estimate of drug-likeness (QED) is 0.102. The lowest BCUT2D eigenvalue weighted by atomic mass is 9.97. The first kappa shape index (κ1) is 42.2. The fourth-order valence-electron chi connectivity index (χ4n) is 8.73. The standard InChI is InChI=1S/C46H52N8O8/c1-25(59-3)39(51-45(57)61-5)43(55)53-19-7-9-37(53)41-47-33-17-15-31(23-35(33)49-41)29-13-11-28-22-30(14-12-27(28)21-29)32-16-18-34-36(24-32)50-42(48-34)38-10-8-20-54(38)44(56)40(26(2)60-4)52-46(58)62-6/h11-18,21-26,37-40H,7-10,19-20H2,1-6H3,(H,47,49)(H,48,50)(H,51,57)(H,52,58)/t25-,26-,37+,38+,39+,40+/m1/s1. The first-order valence-electron chi connectivity index (χ1n) is 20.9. The molecule has 8 rings (SSSR count). The van der Waals surface area contributed by atoms with Crippen LogP contribution in [0.4, 0.5) is 9.59 Å². The van der Waals surface area contributed by atoms with Gasteiger partial charge in [-0.05, 0) is 109 Å². The summed E-state index contributed by atoms with van der Waals surface area (Å²) in [6, 6.07) is 22.8. The molecule has 4 heterocycles. The smallest absolute Gasteiger partial charge is 0.407 e. The van der Waals surface area contributed by atoms with E-state index in [2.05, 4.69) is 81.3 Å². The van der Waals surface area contributed by atoms with E-state index < -0.39 is 36.5 Å². The van der Waals surface area contributed by atoms with E-state index in [1.54, 1.807) is 23.6 Å². The number of nitrogens with zero attached hydrogens (tertiary/aromatic N) is 4.